The first-order chi connectivity index (χ1) is 12.9. The molecular weight excluding hydrogens is 370 g/mol. The van der Waals surface area contributed by atoms with E-state index in [9.17, 15) is 0 Å². The standard InChI is InChI=1S/C17H11N5O2S2/c1-2-4-13-11(3-1)12(7-18-13)16-20-21-17(23-16)26-9-14-19-15(22-24-14)10-5-6-25-8-10/h1-8,18H,9H2. The van der Waals surface area contributed by atoms with Gasteiger partial charge in [0, 0.05) is 28.0 Å². The van der Waals surface area contributed by atoms with E-state index in [2.05, 4.69) is 25.3 Å². The molecule has 0 aliphatic heterocycles. The zero-order valence-electron chi connectivity index (χ0n) is 13.2. The van der Waals surface area contributed by atoms with Gasteiger partial charge < -0.3 is 13.9 Å². The Morgan fingerprint density at radius 2 is 2.12 bits per heavy atom. The number of para-hydroxylation sites is 1. The molecule has 5 aromatic rings. The van der Waals surface area contributed by atoms with Crippen LogP contribution in [0, 0.1) is 0 Å². The summed E-state index contributed by atoms with van der Waals surface area (Å²) in [5.41, 5.74) is 2.87. The Morgan fingerprint density at radius 1 is 1.15 bits per heavy atom. The number of aromatic amines is 1. The topological polar surface area (TPSA) is 93.6 Å². The molecule has 1 aromatic carbocycles. The van der Waals surface area contributed by atoms with Crippen LogP contribution in [0.2, 0.25) is 0 Å². The van der Waals surface area contributed by atoms with Crippen LogP contribution in [0.3, 0.4) is 0 Å². The minimum Gasteiger partial charge on any atom is -0.411 e. The highest BCUT2D eigenvalue weighted by Crippen LogP contribution is 2.30. The second kappa shape index (κ2) is 6.43. The second-order valence-electron chi connectivity index (χ2n) is 5.43. The normalized spacial score (nSPS) is 11.4. The smallest absolute Gasteiger partial charge is 0.277 e. The van der Waals surface area contributed by atoms with E-state index < -0.39 is 0 Å². The van der Waals surface area contributed by atoms with Gasteiger partial charge in [-0.25, -0.2) is 0 Å². The Labute approximate surface area is 155 Å². The van der Waals surface area contributed by atoms with Crippen molar-refractivity contribution in [2.24, 2.45) is 0 Å². The summed E-state index contributed by atoms with van der Waals surface area (Å²) in [6, 6.07) is 9.94. The first kappa shape index (κ1) is 15.4. The average molecular weight is 381 g/mol. The highest BCUT2D eigenvalue weighted by atomic mass is 32.2. The van der Waals surface area contributed by atoms with Crippen molar-refractivity contribution in [1.29, 1.82) is 0 Å². The van der Waals surface area contributed by atoms with Crippen molar-refractivity contribution in [3.05, 3.63) is 53.2 Å². The van der Waals surface area contributed by atoms with Crippen molar-refractivity contribution >= 4 is 34.0 Å². The summed E-state index contributed by atoms with van der Waals surface area (Å²) in [7, 11) is 0. The predicted octanol–water partition coefficient (Wildman–Crippen LogP) is 4.62. The molecule has 9 heteroatoms. The Bertz CT molecular complexity index is 1160. The average Bonchev–Trinajstić information content (AvgIpc) is 3.46. The largest absolute Gasteiger partial charge is 0.411 e. The molecule has 0 amide bonds. The molecule has 4 heterocycles. The van der Waals surface area contributed by atoms with Crippen LogP contribution >= 0.6 is 23.1 Å². The van der Waals surface area contributed by atoms with E-state index in [4.69, 9.17) is 8.94 Å². The van der Waals surface area contributed by atoms with Crippen LogP contribution < -0.4 is 0 Å². The third kappa shape index (κ3) is 2.80. The molecule has 0 aliphatic rings. The monoisotopic (exact) mass is 381 g/mol. The predicted molar refractivity (Wildman–Crippen MR) is 98.8 cm³/mol. The molecule has 7 nitrogen and oxygen atoms in total. The maximum Gasteiger partial charge on any atom is 0.277 e. The number of nitrogens with one attached hydrogen (secondary N) is 1. The SMILES string of the molecule is c1ccc2c(-c3nnc(SCc4nc(-c5ccsc5)no4)o3)c[nH]c2c1. The van der Waals surface area contributed by atoms with Crippen molar-refractivity contribution in [1.82, 2.24) is 25.3 Å². The highest BCUT2D eigenvalue weighted by Gasteiger charge is 2.15. The summed E-state index contributed by atoms with van der Waals surface area (Å²) in [5.74, 6) is 2.05. The molecule has 0 saturated carbocycles. The number of H-pyrrole nitrogens is 1. The number of benzene rings is 1. The lowest BCUT2D eigenvalue weighted by Crippen LogP contribution is -1.81. The van der Waals surface area contributed by atoms with Gasteiger partial charge in [0.15, 0.2) is 0 Å². The summed E-state index contributed by atoms with van der Waals surface area (Å²) in [5, 5.41) is 17.7. The number of nitrogens with zero attached hydrogens (tertiary/aromatic N) is 4. The van der Waals surface area contributed by atoms with Gasteiger partial charge in [-0.3, -0.25) is 0 Å². The van der Waals surface area contributed by atoms with Crippen LogP contribution in [0.1, 0.15) is 5.89 Å². The number of fused-ring (bicyclic) bond motifs is 1. The molecule has 4 aromatic heterocycles. The maximum atomic E-state index is 5.77. The third-order valence-electron chi connectivity index (χ3n) is 3.79. The van der Waals surface area contributed by atoms with Crippen molar-refractivity contribution in [2.45, 2.75) is 11.0 Å². The third-order valence-corrected chi connectivity index (χ3v) is 5.28. The molecule has 0 radical (unpaired) electrons. The number of thioether (sulfide) groups is 1. The van der Waals surface area contributed by atoms with E-state index in [0.29, 0.717) is 28.6 Å². The molecule has 0 spiro atoms. The lowest BCUT2D eigenvalue weighted by atomic mass is 10.2. The molecule has 0 saturated heterocycles. The first-order valence-electron chi connectivity index (χ1n) is 7.75. The molecule has 5 rings (SSSR count). The van der Waals surface area contributed by atoms with Gasteiger partial charge in [-0.2, -0.15) is 16.3 Å². The fraction of sp³-hybridized carbons (Fsp3) is 0.0588. The van der Waals surface area contributed by atoms with Gasteiger partial charge in [0.2, 0.25) is 11.7 Å². The van der Waals surface area contributed by atoms with E-state index in [1.165, 1.54) is 11.8 Å². The van der Waals surface area contributed by atoms with Crippen molar-refractivity contribution < 1.29 is 8.94 Å². The highest BCUT2D eigenvalue weighted by molar-refractivity contribution is 7.98. The molecule has 0 bridgehead atoms. The van der Waals surface area contributed by atoms with Crippen LogP contribution in [0.25, 0.3) is 33.7 Å². The second-order valence-corrected chi connectivity index (χ2v) is 7.14. The summed E-state index contributed by atoms with van der Waals surface area (Å²) >= 11 is 2.96. The number of hydrogen-bond acceptors (Lipinski definition) is 8. The minimum absolute atomic E-state index is 0.459. The number of hydrogen-bond donors (Lipinski definition) is 1. The van der Waals surface area contributed by atoms with Crippen LogP contribution in [0.5, 0.6) is 0 Å². The summed E-state index contributed by atoms with van der Waals surface area (Å²) in [4.78, 5) is 7.58. The fourth-order valence-electron chi connectivity index (χ4n) is 2.57. The van der Waals surface area contributed by atoms with Gasteiger partial charge in [-0.1, -0.05) is 35.1 Å². The van der Waals surface area contributed by atoms with Crippen molar-refractivity contribution in [3.63, 3.8) is 0 Å². The van der Waals surface area contributed by atoms with Crippen molar-refractivity contribution in [2.75, 3.05) is 0 Å². The Morgan fingerprint density at radius 3 is 3.04 bits per heavy atom. The molecular formula is C17H11N5O2S2. The van der Waals surface area contributed by atoms with Crippen LogP contribution in [0.15, 0.2) is 61.5 Å². The zero-order valence-corrected chi connectivity index (χ0v) is 14.9. The minimum atomic E-state index is 0.459. The summed E-state index contributed by atoms with van der Waals surface area (Å²) in [6.07, 6.45) is 1.87. The number of thiophene rings is 1. The fourth-order valence-corrected chi connectivity index (χ4v) is 3.81. The van der Waals surface area contributed by atoms with E-state index >= 15 is 0 Å². The summed E-state index contributed by atoms with van der Waals surface area (Å²) in [6.45, 7) is 0. The van der Waals surface area contributed by atoms with Gasteiger partial charge in [-0.15, -0.1) is 10.2 Å². The van der Waals surface area contributed by atoms with Gasteiger partial charge in [-0.05, 0) is 17.5 Å². The molecule has 0 fully saturated rings. The van der Waals surface area contributed by atoms with Gasteiger partial charge in [0.05, 0.1) is 11.3 Å². The Balaban J connectivity index is 1.32. The molecule has 0 unspecified atom stereocenters. The van der Waals surface area contributed by atoms with E-state index in [-0.39, 0.29) is 0 Å². The lowest BCUT2D eigenvalue weighted by molar-refractivity contribution is 0.391. The zero-order chi connectivity index (χ0) is 17.3. The molecule has 26 heavy (non-hydrogen) atoms. The molecule has 0 atom stereocenters. The first-order valence-corrected chi connectivity index (χ1v) is 9.67. The van der Waals surface area contributed by atoms with Gasteiger partial charge >= 0.3 is 0 Å². The van der Waals surface area contributed by atoms with Crippen molar-refractivity contribution in [3.8, 4) is 22.8 Å². The number of aromatic nitrogens is 5. The molecule has 1 N–H and O–H groups in total. The van der Waals surface area contributed by atoms with Gasteiger partial charge in [0.1, 0.15) is 0 Å². The molecule has 128 valence electrons. The molecule has 0 aliphatic carbocycles. The maximum absolute atomic E-state index is 5.77. The Kier molecular flexibility index (Phi) is 3.80. The van der Waals surface area contributed by atoms with Crippen LogP contribution in [0.4, 0.5) is 0 Å². The lowest BCUT2D eigenvalue weighted by Gasteiger charge is -1.92. The number of rotatable bonds is 5. The van der Waals surface area contributed by atoms with Crippen LogP contribution in [-0.2, 0) is 5.75 Å². The van der Waals surface area contributed by atoms with E-state index in [1.807, 2.05) is 47.3 Å². The van der Waals surface area contributed by atoms with E-state index in [0.717, 1.165) is 22.0 Å². The van der Waals surface area contributed by atoms with Gasteiger partial charge in [0.25, 0.3) is 11.1 Å². The van der Waals surface area contributed by atoms with Crippen LogP contribution in [-0.4, -0.2) is 25.3 Å². The Hall–Kier alpha value is -2.91. The van der Waals surface area contributed by atoms with E-state index in [1.54, 1.807) is 11.3 Å². The summed E-state index contributed by atoms with van der Waals surface area (Å²) < 4.78 is 11.0. The quantitative estimate of drug-likeness (QED) is 0.444.